The molecule has 7 nitrogen and oxygen atoms in total. The maximum Gasteiger partial charge on any atom is 0.124 e. The van der Waals surface area contributed by atoms with E-state index in [4.69, 9.17) is 25.8 Å². The van der Waals surface area contributed by atoms with Crippen molar-refractivity contribution in [2.45, 2.75) is 49.5 Å². The van der Waals surface area contributed by atoms with E-state index in [1.165, 1.54) is 0 Å². The Morgan fingerprint density at radius 2 is 1.77 bits per heavy atom. The minimum atomic E-state index is -1.42. The quantitative estimate of drug-likeness (QED) is 0.529. The summed E-state index contributed by atoms with van der Waals surface area (Å²) in [5.74, 6) is 0.792. The zero-order valence-corrected chi connectivity index (χ0v) is 17.7. The monoisotopic (exact) mass is 450 g/mol. The molecule has 31 heavy (non-hydrogen) atoms. The van der Waals surface area contributed by atoms with Crippen molar-refractivity contribution in [1.82, 2.24) is 0 Å². The Morgan fingerprint density at radius 3 is 2.45 bits per heavy atom. The van der Waals surface area contributed by atoms with Gasteiger partial charge in [-0.1, -0.05) is 35.9 Å². The molecule has 0 aliphatic carbocycles. The predicted octanol–water partition coefficient (Wildman–Crippen LogP) is 1.61. The normalized spacial score (nSPS) is 31.0. The van der Waals surface area contributed by atoms with Crippen molar-refractivity contribution in [3.05, 3.63) is 64.2 Å². The molecular weight excluding hydrogens is 424 g/mol. The fraction of sp³-hybridized carbons (Fsp3) is 0.478. The molecule has 0 aromatic heterocycles. The molecule has 0 amide bonds. The van der Waals surface area contributed by atoms with Crippen LogP contribution in [0.1, 0.15) is 29.2 Å². The Balaban J connectivity index is 1.49. The van der Waals surface area contributed by atoms with Crippen LogP contribution in [-0.2, 0) is 15.9 Å². The van der Waals surface area contributed by atoms with Crippen LogP contribution in [0.25, 0.3) is 0 Å². The smallest absolute Gasteiger partial charge is 0.124 e. The van der Waals surface area contributed by atoms with Crippen LogP contribution in [0.2, 0.25) is 5.02 Å². The molecule has 2 fully saturated rings. The third kappa shape index (κ3) is 5.04. The summed E-state index contributed by atoms with van der Waals surface area (Å²) in [6, 6.07) is 13.0. The van der Waals surface area contributed by atoms with Gasteiger partial charge in [0.05, 0.1) is 19.8 Å². The van der Waals surface area contributed by atoms with Gasteiger partial charge in [0.15, 0.2) is 0 Å². The van der Waals surface area contributed by atoms with Crippen molar-refractivity contribution in [1.29, 1.82) is 0 Å². The lowest BCUT2D eigenvalue weighted by Crippen LogP contribution is -2.55. The second kappa shape index (κ2) is 9.83. The number of aliphatic hydroxyl groups excluding tert-OH is 4. The number of hydrogen-bond acceptors (Lipinski definition) is 7. The van der Waals surface area contributed by atoms with E-state index in [-0.39, 0.29) is 6.10 Å². The van der Waals surface area contributed by atoms with E-state index < -0.39 is 37.1 Å². The number of rotatable bonds is 6. The summed E-state index contributed by atoms with van der Waals surface area (Å²) in [4.78, 5) is 0. The van der Waals surface area contributed by atoms with Gasteiger partial charge < -0.3 is 34.6 Å². The van der Waals surface area contributed by atoms with Gasteiger partial charge in [0.1, 0.15) is 42.4 Å². The molecule has 4 rings (SSSR count). The maximum absolute atomic E-state index is 10.4. The van der Waals surface area contributed by atoms with Gasteiger partial charge >= 0.3 is 0 Å². The summed E-state index contributed by atoms with van der Waals surface area (Å²) in [5.41, 5.74) is 2.47. The van der Waals surface area contributed by atoms with Crippen molar-refractivity contribution in [2.75, 3.05) is 19.8 Å². The summed E-state index contributed by atoms with van der Waals surface area (Å²) >= 11 is 6.40. The third-order valence-electron chi connectivity index (χ3n) is 5.80. The molecule has 168 valence electrons. The van der Waals surface area contributed by atoms with E-state index >= 15 is 0 Å². The van der Waals surface area contributed by atoms with Crippen LogP contribution < -0.4 is 4.74 Å². The summed E-state index contributed by atoms with van der Waals surface area (Å²) in [6.07, 6.45) is -4.46. The zero-order chi connectivity index (χ0) is 22.0. The van der Waals surface area contributed by atoms with Crippen LogP contribution in [0, 0.1) is 0 Å². The lowest BCUT2D eigenvalue weighted by Gasteiger charge is -2.40. The highest BCUT2D eigenvalue weighted by Gasteiger charge is 2.44. The van der Waals surface area contributed by atoms with Crippen molar-refractivity contribution in [2.24, 2.45) is 0 Å². The van der Waals surface area contributed by atoms with Crippen LogP contribution in [-0.4, -0.2) is 70.8 Å². The van der Waals surface area contributed by atoms with E-state index in [1.54, 1.807) is 12.1 Å². The van der Waals surface area contributed by atoms with Gasteiger partial charge in [0, 0.05) is 11.4 Å². The number of halogens is 1. The Kier molecular flexibility index (Phi) is 7.13. The van der Waals surface area contributed by atoms with Crippen LogP contribution in [0.15, 0.2) is 42.5 Å². The molecule has 0 spiro atoms. The minimum absolute atomic E-state index is 0.0931. The topological polar surface area (TPSA) is 109 Å². The number of hydrogen-bond donors (Lipinski definition) is 4. The first-order chi connectivity index (χ1) is 15.0. The minimum Gasteiger partial charge on any atom is -0.488 e. The highest BCUT2D eigenvalue weighted by Crippen LogP contribution is 2.34. The van der Waals surface area contributed by atoms with Crippen molar-refractivity contribution < 1.29 is 34.6 Å². The standard InChI is InChI=1S/C23H27ClO7/c24-18-6-3-14(23-22(28)21(27)20(26)19(11-25)31-23)10-15(18)9-13-1-4-16(5-2-13)30-17-7-8-29-12-17/h1-6,10,17,19-23,25-28H,7-9,11-12H2/t17-,19-,20-,21+,22-,23+/m0/s1. The largest absolute Gasteiger partial charge is 0.488 e. The van der Waals surface area contributed by atoms with E-state index in [9.17, 15) is 20.4 Å². The Bertz CT molecular complexity index is 867. The first-order valence-corrected chi connectivity index (χ1v) is 10.8. The second-order valence-electron chi connectivity index (χ2n) is 8.02. The maximum atomic E-state index is 10.4. The first-order valence-electron chi connectivity index (χ1n) is 10.4. The number of ether oxygens (including phenoxy) is 3. The summed E-state index contributed by atoms with van der Waals surface area (Å²) in [5, 5.41) is 40.5. The summed E-state index contributed by atoms with van der Waals surface area (Å²) < 4.78 is 16.9. The Labute approximate surface area is 185 Å². The highest BCUT2D eigenvalue weighted by atomic mass is 35.5. The van der Waals surface area contributed by atoms with Crippen LogP contribution in [0.4, 0.5) is 0 Å². The lowest BCUT2D eigenvalue weighted by atomic mass is 9.90. The van der Waals surface area contributed by atoms with Crippen molar-refractivity contribution in [3.63, 3.8) is 0 Å². The van der Waals surface area contributed by atoms with E-state index in [2.05, 4.69) is 0 Å². The number of aliphatic hydroxyl groups is 4. The van der Waals surface area contributed by atoms with E-state index in [0.717, 1.165) is 29.9 Å². The third-order valence-corrected chi connectivity index (χ3v) is 6.17. The highest BCUT2D eigenvalue weighted by molar-refractivity contribution is 6.31. The fourth-order valence-electron chi connectivity index (χ4n) is 3.99. The molecule has 2 aliphatic rings. The molecule has 2 saturated heterocycles. The van der Waals surface area contributed by atoms with Gasteiger partial charge in [-0.15, -0.1) is 0 Å². The van der Waals surface area contributed by atoms with Crippen LogP contribution in [0.5, 0.6) is 5.75 Å². The molecule has 0 bridgehead atoms. The van der Waals surface area contributed by atoms with Crippen LogP contribution in [0.3, 0.4) is 0 Å². The van der Waals surface area contributed by atoms with Crippen LogP contribution >= 0.6 is 11.6 Å². The molecule has 0 radical (unpaired) electrons. The zero-order valence-electron chi connectivity index (χ0n) is 16.9. The second-order valence-corrected chi connectivity index (χ2v) is 8.43. The molecule has 2 aromatic rings. The molecule has 2 aromatic carbocycles. The van der Waals surface area contributed by atoms with Gasteiger partial charge in [-0.3, -0.25) is 0 Å². The fourth-order valence-corrected chi connectivity index (χ4v) is 4.17. The number of benzene rings is 2. The summed E-state index contributed by atoms with van der Waals surface area (Å²) in [6.45, 7) is 0.872. The molecule has 2 heterocycles. The predicted molar refractivity (Wildman–Crippen MR) is 113 cm³/mol. The van der Waals surface area contributed by atoms with Gasteiger partial charge in [-0.2, -0.15) is 0 Å². The van der Waals surface area contributed by atoms with Crippen molar-refractivity contribution >= 4 is 11.6 Å². The van der Waals surface area contributed by atoms with Gasteiger partial charge in [0.2, 0.25) is 0 Å². The average molecular weight is 451 g/mol. The average Bonchev–Trinajstić information content (AvgIpc) is 3.28. The first kappa shape index (κ1) is 22.5. The van der Waals surface area contributed by atoms with E-state index in [0.29, 0.717) is 23.6 Å². The molecule has 0 saturated carbocycles. The molecular formula is C23H27ClO7. The molecule has 2 aliphatic heterocycles. The molecule has 0 unspecified atom stereocenters. The van der Waals surface area contributed by atoms with E-state index in [1.807, 2.05) is 30.3 Å². The van der Waals surface area contributed by atoms with Gasteiger partial charge in [-0.25, -0.2) is 0 Å². The Hall–Kier alpha value is -1.71. The molecule has 6 atom stereocenters. The van der Waals surface area contributed by atoms with Gasteiger partial charge in [0.25, 0.3) is 0 Å². The SMILES string of the molecule is OC[C@@H]1O[C@H](c2ccc(Cl)c(Cc3ccc(O[C@H]4CCOC4)cc3)c2)[C@@H](O)[C@H](O)[C@H]1O. The lowest BCUT2D eigenvalue weighted by molar-refractivity contribution is -0.231. The molecule has 4 N–H and O–H groups in total. The Morgan fingerprint density at radius 1 is 1.00 bits per heavy atom. The van der Waals surface area contributed by atoms with Crippen molar-refractivity contribution in [3.8, 4) is 5.75 Å². The van der Waals surface area contributed by atoms with Gasteiger partial charge in [-0.05, 0) is 41.3 Å². The summed E-state index contributed by atoms with van der Waals surface area (Å²) in [7, 11) is 0. The molecule has 8 heteroatoms.